The molecule has 2 heterocycles. The molecule has 158 valence electrons. The number of rotatable bonds is 5. The number of carbonyl (C=O) groups is 2. The molecule has 5 rings (SSSR count). The van der Waals surface area contributed by atoms with Crippen LogP contribution in [0.3, 0.4) is 0 Å². The molecule has 1 saturated heterocycles. The lowest BCUT2D eigenvalue weighted by Gasteiger charge is -2.14. The molecule has 0 aliphatic carbocycles. The van der Waals surface area contributed by atoms with Gasteiger partial charge < -0.3 is 4.42 Å². The summed E-state index contributed by atoms with van der Waals surface area (Å²) in [5.41, 5.74) is 0.936. The quantitative estimate of drug-likeness (QED) is 0.279. The molecule has 0 N–H and O–H groups in total. The molecule has 1 fully saturated rings. The van der Waals surface area contributed by atoms with Gasteiger partial charge in [-0.1, -0.05) is 65.8 Å². The van der Waals surface area contributed by atoms with E-state index in [1.54, 1.807) is 12.1 Å². The predicted molar refractivity (Wildman–Crippen MR) is 130 cm³/mol. The highest BCUT2D eigenvalue weighted by molar-refractivity contribution is 8.18. The van der Waals surface area contributed by atoms with Crippen molar-refractivity contribution in [2.75, 3.05) is 0 Å². The smallest absolute Gasteiger partial charge is 0.293 e. The van der Waals surface area contributed by atoms with Crippen LogP contribution in [0.15, 0.2) is 98.2 Å². The Kier molecular flexibility index (Phi) is 5.83. The van der Waals surface area contributed by atoms with E-state index in [0.29, 0.717) is 20.8 Å². The van der Waals surface area contributed by atoms with Gasteiger partial charge in [-0.25, -0.2) is 0 Å². The molecule has 4 aromatic rings. The first-order valence-electron chi connectivity index (χ1n) is 9.82. The van der Waals surface area contributed by atoms with Gasteiger partial charge >= 0.3 is 0 Å². The summed E-state index contributed by atoms with van der Waals surface area (Å²) in [5, 5.41) is 3.19. The van der Waals surface area contributed by atoms with E-state index < -0.39 is 0 Å². The fourth-order valence-electron chi connectivity index (χ4n) is 3.45. The van der Waals surface area contributed by atoms with Gasteiger partial charge in [-0.3, -0.25) is 14.5 Å². The van der Waals surface area contributed by atoms with Gasteiger partial charge in [0, 0.05) is 16.0 Å². The van der Waals surface area contributed by atoms with Gasteiger partial charge in [0.05, 0.1) is 11.4 Å². The topological polar surface area (TPSA) is 50.5 Å². The molecular weight excluding hydrogens is 462 g/mol. The first-order chi connectivity index (χ1) is 15.6. The number of carbonyl (C=O) groups excluding carboxylic acids is 2. The minimum Gasteiger partial charge on any atom is -0.450 e. The predicted octanol–water partition coefficient (Wildman–Crippen LogP) is 7.47. The van der Waals surface area contributed by atoms with Crippen molar-refractivity contribution in [1.82, 2.24) is 4.90 Å². The number of hydrogen-bond acceptors (Lipinski definition) is 5. The minimum absolute atomic E-state index is 0.235. The zero-order valence-corrected chi connectivity index (χ0v) is 19.0. The van der Waals surface area contributed by atoms with E-state index in [2.05, 4.69) is 0 Å². The van der Waals surface area contributed by atoms with Crippen molar-refractivity contribution >= 4 is 63.1 Å². The number of hydrogen-bond donors (Lipinski definition) is 0. The number of fused-ring (bicyclic) bond motifs is 1. The maximum Gasteiger partial charge on any atom is 0.293 e. The average molecular weight is 478 g/mol. The van der Waals surface area contributed by atoms with Gasteiger partial charge in [-0.2, -0.15) is 0 Å². The molecule has 0 saturated carbocycles. The maximum absolute atomic E-state index is 12.9. The third kappa shape index (κ3) is 4.35. The molecule has 4 nitrogen and oxygen atoms in total. The molecule has 7 heteroatoms. The van der Waals surface area contributed by atoms with Gasteiger partial charge in [0.1, 0.15) is 5.76 Å². The fourth-order valence-corrected chi connectivity index (χ4v) is 5.17. The van der Waals surface area contributed by atoms with E-state index in [4.69, 9.17) is 16.0 Å². The van der Waals surface area contributed by atoms with Crippen LogP contribution < -0.4 is 0 Å². The summed E-state index contributed by atoms with van der Waals surface area (Å²) in [6.45, 7) is 0.235. The third-order valence-electron chi connectivity index (χ3n) is 4.99. The Morgan fingerprint density at radius 3 is 2.56 bits per heavy atom. The van der Waals surface area contributed by atoms with E-state index in [9.17, 15) is 9.59 Å². The number of amides is 2. The first-order valence-corrected chi connectivity index (χ1v) is 11.8. The molecule has 0 bridgehead atoms. The second-order valence-electron chi connectivity index (χ2n) is 7.12. The highest BCUT2D eigenvalue weighted by atomic mass is 35.5. The molecule has 0 unspecified atom stereocenters. The van der Waals surface area contributed by atoms with Gasteiger partial charge in [-0.05, 0) is 64.5 Å². The summed E-state index contributed by atoms with van der Waals surface area (Å²) in [4.78, 5) is 28.2. The molecule has 0 spiro atoms. The molecule has 0 radical (unpaired) electrons. The normalized spacial score (nSPS) is 15.3. The summed E-state index contributed by atoms with van der Waals surface area (Å²) in [6.07, 6.45) is 1.62. The number of benzene rings is 3. The zero-order chi connectivity index (χ0) is 22.1. The van der Waals surface area contributed by atoms with E-state index in [1.165, 1.54) is 16.7 Å². The van der Waals surface area contributed by atoms with E-state index in [0.717, 1.165) is 33.0 Å². The number of halogens is 1. The second kappa shape index (κ2) is 8.90. The highest BCUT2D eigenvalue weighted by Gasteiger charge is 2.35. The lowest BCUT2D eigenvalue weighted by molar-refractivity contribution is -0.123. The van der Waals surface area contributed by atoms with Gasteiger partial charge in [0.25, 0.3) is 11.1 Å². The summed E-state index contributed by atoms with van der Waals surface area (Å²) >= 11 is 8.31. The number of thioether (sulfide) groups is 1. The Labute approximate surface area is 198 Å². The van der Waals surface area contributed by atoms with Crippen molar-refractivity contribution in [1.29, 1.82) is 0 Å². The average Bonchev–Trinajstić information content (AvgIpc) is 3.35. The monoisotopic (exact) mass is 477 g/mol. The fraction of sp³-hybridized carbons (Fsp3) is 0.0400. The molecule has 3 aromatic carbocycles. The minimum atomic E-state index is -0.309. The van der Waals surface area contributed by atoms with Crippen LogP contribution in [0.2, 0.25) is 5.02 Å². The molecule has 32 heavy (non-hydrogen) atoms. The van der Waals surface area contributed by atoms with Crippen molar-refractivity contribution in [3.05, 3.63) is 100 Å². The second-order valence-corrected chi connectivity index (χ2v) is 9.63. The zero-order valence-electron chi connectivity index (χ0n) is 16.7. The highest BCUT2D eigenvalue weighted by Crippen LogP contribution is 2.36. The lowest BCUT2D eigenvalue weighted by Crippen LogP contribution is -2.27. The van der Waals surface area contributed by atoms with Crippen molar-refractivity contribution in [2.45, 2.75) is 16.5 Å². The van der Waals surface area contributed by atoms with Crippen LogP contribution in [-0.4, -0.2) is 16.0 Å². The Morgan fingerprint density at radius 1 is 0.938 bits per heavy atom. The van der Waals surface area contributed by atoms with E-state index in [-0.39, 0.29) is 17.7 Å². The summed E-state index contributed by atoms with van der Waals surface area (Å²) < 4.78 is 5.83. The number of furan rings is 1. The first kappa shape index (κ1) is 20.9. The van der Waals surface area contributed by atoms with Gasteiger partial charge in [-0.15, -0.1) is 0 Å². The molecule has 1 aliphatic rings. The SMILES string of the molecule is O=C1S/C(=C\c2ccc(Sc3ccc(Cl)cc3)o2)C(=O)N1Cc1cccc2ccccc12. The third-order valence-corrected chi connectivity index (χ3v) is 7.08. The van der Waals surface area contributed by atoms with Crippen molar-refractivity contribution < 1.29 is 14.0 Å². The van der Waals surface area contributed by atoms with Gasteiger partial charge in [0.2, 0.25) is 0 Å². The summed E-state index contributed by atoms with van der Waals surface area (Å²) in [7, 11) is 0. The van der Waals surface area contributed by atoms with Crippen LogP contribution in [0.5, 0.6) is 0 Å². The van der Waals surface area contributed by atoms with E-state index in [1.807, 2.05) is 72.8 Å². The van der Waals surface area contributed by atoms with Crippen LogP contribution in [0.25, 0.3) is 16.8 Å². The Morgan fingerprint density at radius 2 is 1.72 bits per heavy atom. The number of imide groups is 1. The Balaban J connectivity index is 1.33. The summed E-state index contributed by atoms with van der Waals surface area (Å²) in [5.74, 6) is 0.216. The van der Waals surface area contributed by atoms with Crippen molar-refractivity contribution in [3.8, 4) is 0 Å². The maximum atomic E-state index is 12.9. The lowest BCUT2D eigenvalue weighted by atomic mass is 10.0. The Bertz CT molecular complexity index is 1360. The van der Waals surface area contributed by atoms with Crippen LogP contribution in [0.1, 0.15) is 11.3 Å². The van der Waals surface area contributed by atoms with Crippen LogP contribution in [-0.2, 0) is 11.3 Å². The Hall–Kier alpha value is -2.93. The van der Waals surface area contributed by atoms with Crippen LogP contribution in [0.4, 0.5) is 4.79 Å². The molecule has 1 aliphatic heterocycles. The van der Waals surface area contributed by atoms with Crippen LogP contribution >= 0.6 is 35.1 Å². The molecule has 1 aromatic heterocycles. The summed E-state index contributed by atoms with van der Waals surface area (Å²) in [6, 6.07) is 24.9. The van der Waals surface area contributed by atoms with Gasteiger partial charge in [0.15, 0.2) is 5.09 Å². The molecule has 0 atom stereocenters. The van der Waals surface area contributed by atoms with Crippen molar-refractivity contribution in [2.24, 2.45) is 0 Å². The van der Waals surface area contributed by atoms with Crippen LogP contribution in [0, 0.1) is 0 Å². The molecule has 2 amide bonds. The van der Waals surface area contributed by atoms with E-state index >= 15 is 0 Å². The standard InChI is InChI=1S/C25H16ClNO3S2/c26-18-8-11-20(12-9-18)31-23-13-10-19(30-23)14-22-24(28)27(25(29)32-22)15-17-6-3-5-16-4-1-2-7-21(16)17/h1-14H,15H2/b22-14-. The number of nitrogens with zero attached hydrogens (tertiary/aromatic N) is 1. The largest absolute Gasteiger partial charge is 0.450 e. The molecular formula is C25H16ClNO3S2. The van der Waals surface area contributed by atoms with Crippen molar-refractivity contribution in [3.63, 3.8) is 0 Å².